The van der Waals surface area contributed by atoms with Gasteiger partial charge in [-0.3, -0.25) is 25.3 Å². The van der Waals surface area contributed by atoms with Crippen LogP contribution in [0.1, 0.15) is 13.8 Å². The number of methoxy groups -OCH3 is 1. The molecule has 7 nitrogen and oxygen atoms in total. The highest BCUT2D eigenvalue weighted by Gasteiger charge is 2.10. The lowest BCUT2D eigenvalue weighted by Crippen LogP contribution is -2.48. The first-order valence-corrected chi connectivity index (χ1v) is 7.08. The normalized spacial score (nSPS) is 10.5. The molecule has 0 unspecified atom stereocenters. The average molecular weight is 308 g/mol. The molecule has 1 aromatic carbocycles. The predicted octanol–water partition coefficient (Wildman–Crippen LogP) is 0.595. The maximum absolute atomic E-state index is 11.6. The highest BCUT2D eigenvalue weighted by atomic mass is 16.5. The summed E-state index contributed by atoms with van der Waals surface area (Å²) < 4.78 is 5.05. The van der Waals surface area contributed by atoms with Crippen LogP contribution in [0.15, 0.2) is 24.3 Å². The molecule has 0 aliphatic rings. The zero-order chi connectivity index (χ0) is 16.5. The van der Waals surface area contributed by atoms with Crippen LogP contribution < -0.4 is 20.9 Å². The Kier molecular flexibility index (Phi) is 7.18. The molecule has 0 aromatic heterocycles. The zero-order valence-corrected chi connectivity index (χ0v) is 13.5. The van der Waals surface area contributed by atoms with Crippen molar-refractivity contribution >= 4 is 17.5 Å². The average Bonchev–Trinajstić information content (AvgIpc) is 2.51. The molecule has 0 radical (unpaired) electrons. The van der Waals surface area contributed by atoms with E-state index in [9.17, 15) is 9.59 Å². The Morgan fingerprint density at radius 2 is 1.73 bits per heavy atom. The second kappa shape index (κ2) is 8.89. The van der Waals surface area contributed by atoms with Gasteiger partial charge < -0.3 is 10.1 Å². The number of hydrogen-bond acceptors (Lipinski definition) is 5. The standard InChI is InChI=1S/C15H24N4O3/c1-11(2)19(3)10-15(21)18-17-14(20)9-16-12-5-7-13(22-4)8-6-12/h5-8,11,16H,9-10H2,1-4H3,(H,17,20)(H,18,21). The third-order valence-electron chi connectivity index (χ3n) is 3.16. The fourth-order valence-electron chi connectivity index (χ4n) is 1.52. The Bertz CT molecular complexity index is 488. The number of rotatable bonds is 7. The smallest absolute Gasteiger partial charge is 0.257 e. The summed E-state index contributed by atoms with van der Waals surface area (Å²) in [5.41, 5.74) is 5.54. The summed E-state index contributed by atoms with van der Waals surface area (Å²) in [6.45, 7) is 4.27. The summed E-state index contributed by atoms with van der Waals surface area (Å²) in [5, 5.41) is 2.95. The summed E-state index contributed by atoms with van der Waals surface area (Å²) in [6, 6.07) is 7.47. The molecular weight excluding hydrogens is 284 g/mol. The van der Waals surface area contributed by atoms with E-state index in [1.165, 1.54) is 0 Å². The SMILES string of the molecule is COc1ccc(NCC(=O)NNC(=O)CN(C)C(C)C)cc1. The molecule has 2 amide bonds. The zero-order valence-electron chi connectivity index (χ0n) is 13.5. The Morgan fingerprint density at radius 3 is 2.27 bits per heavy atom. The molecule has 122 valence electrons. The molecule has 0 heterocycles. The largest absolute Gasteiger partial charge is 0.497 e. The van der Waals surface area contributed by atoms with Crippen LogP contribution in [0.2, 0.25) is 0 Å². The van der Waals surface area contributed by atoms with E-state index in [4.69, 9.17) is 4.74 Å². The highest BCUT2D eigenvalue weighted by molar-refractivity contribution is 5.85. The Hall–Kier alpha value is -2.28. The molecule has 0 saturated carbocycles. The van der Waals surface area contributed by atoms with Gasteiger partial charge in [-0.05, 0) is 45.2 Å². The number of nitrogens with one attached hydrogen (secondary N) is 3. The number of ether oxygens (including phenoxy) is 1. The fourth-order valence-corrected chi connectivity index (χ4v) is 1.52. The maximum atomic E-state index is 11.6. The number of anilines is 1. The lowest BCUT2D eigenvalue weighted by Gasteiger charge is -2.20. The lowest BCUT2D eigenvalue weighted by molar-refractivity contribution is -0.128. The van der Waals surface area contributed by atoms with Crippen LogP contribution in [-0.4, -0.2) is 50.0 Å². The summed E-state index contributed by atoms with van der Waals surface area (Å²) >= 11 is 0. The summed E-state index contributed by atoms with van der Waals surface area (Å²) in [7, 11) is 3.44. The molecule has 0 aliphatic carbocycles. The second-order valence-corrected chi connectivity index (χ2v) is 5.19. The third kappa shape index (κ3) is 6.45. The van der Waals surface area contributed by atoms with Crippen LogP contribution in [0.5, 0.6) is 5.75 Å². The first kappa shape index (κ1) is 17.8. The van der Waals surface area contributed by atoms with Gasteiger partial charge in [-0.2, -0.15) is 0 Å². The van der Waals surface area contributed by atoms with Crippen molar-refractivity contribution in [1.29, 1.82) is 0 Å². The number of carbonyl (C=O) groups is 2. The van der Waals surface area contributed by atoms with Crippen molar-refractivity contribution in [2.24, 2.45) is 0 Å². The van der Waals surface area contributed by atoms with Crippen molar-refractivity contribution in [2.45, 2.75) is 19.9 Å². The van der Waals surface area contributed by atoms with Gasteiger partial charge in [-0.25, -0.2) is 0 Å². The molecule has 0 bridgehead atoms. The van der Waals surface area contributed by atoms with Gasteiger partial charge in [0.25, 0.3) is 11.8 Å². The highest BCUT2D eigenvalue weighted by Crippen LogP contribution is 2.14. The van der Waals surface area contributed by atoms with E-state index in [1.807, 2.05) is 37.9 Å². The minimum Gasteiger partial charge on any atom is -0.497 e. The Labute approximate surface area is 131 Å². The van der Waals surface area contributed by atoms with Crippen LogP contribution in [0.4, 0.5) is 5.69 Å². The monoisotopic (exact) mass is 308 g/mol. The summed E-state index contributed by atoms with van der Waals surface area (Å²) in [6.07, 6.45) is 0. The summed E-state index contributed by atoms with van der Waals surface area (Å²) in [5.74, 6) is 0.168. The molecule has 0 fully saturated rings. The van der Waals surface area contributed by atoms with Crippen LogP contribution >= 0.6 is 0 Å². The molecule has 3 N–H and O–H groups in total. The van der Waals surface area contributed by atoms with Gasteiger partial charge in [0.2, 0.25) is 0 Å². The maximum Gasteiger partial charge on any atom is 0.257 e. The first-order valence-electron chi connectivity index (χ1n) is 7.08. The number of nitrogens with zero attached hydrogens (tertiary/aromatic N) is 1. The van der Waals surface area contributed by atoms with E-state index < -0.39 is 0 Å². The molecule has 1 aromatic rings. The molecule has 0 atom stereocenters. The van der Waals surface area contributed by atoms with Gasteiger partial charge in [-0.1, -0.05) is 0 Å². The van der Waals surface area contributed by atoms with Gasteiger partial charge in [-0.15, -0.1) is 0 Å². The number of likely N-dealkylation sites (N-methyl/N-ethyl adjacent to an activating group) is 1. The number of amides is 2. The van der Waals surface area contributed by atoms with Gasteiger partial charge in [0.05, 0.1) is 20.2 Å². The van der Waals surface area contributed by atoms with Crippen molar-refractivity contribution in [2.75, 3.05) is 32.6 Å². The molecule has 0 aliphatic heterocycles. The Morgan fingerprint density at radius 1 is 1.14 bits per heavy atom. The van der Waals surface area contributed by atoms with Crippen molar-refractivity contribution in [3.63, 3.8) is 0 Å². The van der Waals surface area contributed by atoms with E-state index in [1.54, 1.807) is 19.2 Å². The van der Waals surface area contributed by atoms with Crippen molar-refractivity contribution in [3.05, 3.63) is 24.3 Å². The van der Waals surface area contributed by atoms with E-state index in [2.05, 4.69) is 16.2 Å². The fraction of sp³-hybridized carbons (Fsp3) is 0.467. The number of carbonyl (C=O) groups excluding carboxylic acids is 2. The van der Waals surface area contributed by atoms with E-state index in [0.29, 0.717) is 0 Å². The van der Waals surface area contributed by atoms with E-state index in [0.717, 1.165) is 11.4 Å². The van der Waals surface area contributed by atoms with Crippen LogP contribution in [0, 0.1) is 0 Å². The van der Waals surface area contributed by atoms with Gasteiger partial charge in [0.1, 0.15) is 5.75 Å². The molecular formula is C15H24N4O3. The predicted molar refractivity (Wildman–Crippen MR) is 85.5 cm³/mol. The van der Waals surface area contributed by atoms with Gasteiger partial charge in [0, 0.05) is 11.7 Å². The minimum atomic E-state index is -0.323. The molecule has 1 rings (SSSR count). The molecule has 0 spiro atoms. The van der Waals surface area contributed by atoms with Crippen molar-refractivity contribution in [3.8, 4) is 5.75 Å². The third-order valence-corrected chi connectivity index (χ3v) is 3.16. The number of hydrazine groups is 1. The minimum absolute atomic E-state index is 0.0621. The Balaban J connectivity index is 2.26. The lowest BCUT2D eigenvalue weighted by atomic mass is 10.3. The number of benzene rings is 1. The summed E-state index contributed by atoms with van der Waals surface area (Å²) in [4.78, 5) is 25.1. The molecule has 0 saturated heterocycles. The quantitative estimate of drug-likeness (QED) is 0.642. The van der Waals surface area contributed by atoms with Crippen LogP contribution in [0.3, 0.4) is 0 Å². The van der Waals surface area contributed by atoms with Gasteiger partial charge in [0.15, 0.2) is 0 Å². The molecule has 22 heavy (non-hydrogen) atoms. The van der Waals surface area contributed by atoms with Crippen molar-refractivity contribution in [1.82, 2.24) is 15.8 Å². The number of hydrogen-bond donors (Lipinski definition) is 3. The van der Waals surface area contributed by atoms with Gasteiger partial charge >= 0.3 is 0 Å². The first-order chi connectivity index (χ1) is 10.4. The topological polar surface area (TPSA) is 82.7 Å². The van der Waals surface area contributed by atoms with Crippen LogP contribution in [-0.2, 0) is 9.59 Å². The second-order valence-electron chi connectivity index (χ2n) is 5.19. The molecule has 7 heteroatoms. The van der Waals surface area contributed by atoms with E-state index >= 15 is 0 Å². The van der Waals surface area contributed by atoms with Crippen molar-refractivity contribution < 1.29 is 14.3 Å². The van der Waals surface area contributed by atoms with Crippen LogP contribution in [0.25, 0.3) is 0 Å². The van der Waals surface area contributed by atoms with E-state index in [-0.39, 0.29) is 30.9 Å².